The van der Waals surface area contributed by atoms with E-state index in [1.54, 1.807) is 13.8 Å². The van der Waals surface area contributed by atoms with Gasteiger partial charge in [0.25, 0.3) is 10.2 Å². The molecule has 0 bridgehead atoms. The van der Waals surface area contributed by atoms with Crippen LogP contribution in [0.5, 0.6) is 5.75 Å². The van der Waals surface area contributed by atoms with Gasteiger partial charge in [-0.05, 0) is 24.1 Å². The highest BCUT2D eigenvalue weighted by atomic mass is 32.2. The molecular formula is C11H15F3N2O3S. The fraction of sp³-hybridized carbons (Fsp3) is 0.455. The molecule has 0 saturated carbocycles. The minimum atomic E-state index is -4.63. The first kappa shape index (κ1) is 16.6. The summed E-state index contributed by atoms with van der Waals surface area (Å²) >= 11 is 0. The lowest BCUT2D eigenvalue weighted by atomic mass is 10.2. The van der Waals surface area contributed by atoms with Crippen LogP contribution in [0, 0.1) is 5.92 Å². The molecule has 20 heavy (non-hydrogen) atoms. The molecule has 0 aliphatic carbocycles. The lowest BCUT2D eigenvalue weighted by Crippen LogP contribution is -2.33. The van der Waals surface area contributed by atoms with Gasteiger partial charge in [0.05, 0.1) is 11.3 Å². The lowest BCUT2D eigenvalue weighted by Gasteiger charge is -2.14. The van der Waals surface area contributed by atoms with Gasteiger partial charge in [0.1, 0.15) is 5.75 Å². The molecule has 0 aliphatic heterocycles. The summed E-state index contributed by atoms with van der Waals surface area (Å²) in [6.07, 6.45) is -4.63. The number of benzene rings is 1. The fourth-order valence-electron chi connectivity index (χ4n) is 1.25. The molecule has 3 N–H and O–H groups in total. The Balaban J connectivity index is 2.97. The van der Waals surface area contributed by atoms with Crippen LogP contribution in [0.25, 0.3) is 0 Å². The zero-order valence-electron chi connectivity index (χ0n) is 10.8. The number of phenolic OH excluding ortho intramolecular Hbond substituents is 1. The zero-order chi connectivity index (χ0) is 15.6. The number of hydrogen-bond acceptors (Lipinski definition) is 3. The van der Waals surface area contributed by atoms with Crippen LogP contribution in [0.3, 0.4) is 0 Å². The van der Waals surface area contributed by atoms with Gasteiger partial charge in [-0.25, -0.2) is 0 Å². The molecule has 9 heteroatoms. The van der Waals surface area contributed by atoms with Crippen molar-refractivity contribution in [2.24, 2.45) is 5.92 Å². The second kappa shape index (κ2) is 5.88. The number of hydrogen-bond donors (Lipinski definition) is 3. The van der Waals surface area contributed by atoms with E-state index in [1.807, 2.05) is 4.72 Å². The van der Waals surface area contributed by atoms with Gasteiger partial charge in [-0.15, -0.1) is 0 Å². The minimum Gasteiger partial charge on any atom is -0.506 e. The van der Waals surface area contributed by atoms with E-state index in [0.29, 0.717) is 12.1 Å². The molecule has 0 fully saturated rings. The maximum Gasteiger partial charge on any atom is 0.416 e. The molecule has 114 valence electrons. The van der Waals surface area contributed by atoms with E-state index in [2.05, 4.69) is 4.72 Å². The van der Waals surface area contributed by atoms with Crippen LogP contribution in [0.2, 0.25) is 0 Å². The predicted octanol–water partition coefficient (Wildman–Crippen LogP) is 2.31. The number of halogens is 3. The first-order valence-electron chi connectivity index (χ1n) is 5.69. The summed E-state index contributed by atoms with van der Waals surface area (Å²) in [5.41, 5.74) is -1.59. The Morgan fingerprint density at radius 3 is 2.40 bits per heavy atom. The molecule has 0 saturated heterocycles. The Bertz CT molecular complexity index is 571. The number of phenols is 1. The van der Waals surface area contributed by atoms with Gasteiger partial charge in [0, 0.05) is 6.54 Å². The van der Waals surface area contributed by atoms with Crippen molar-refractivity contribution in [3.8, 4) is 5.75 Å². The van der Waals surface area contributed by atoms with Crippen LogP contribution in [0.1, 0.15) is 19.4 Å². The third-order valence-corrected chi connectivity index (χ3v) is 3.29. The van der Waals surface area contributed by atoms with Crippen molar-refractivity contribution >= 4 is 15.9 Å². The summed E-state index contributed by atoms with van der Waals surface area (Å²) in [6, 6.07) is 1.97. The predicted molar refractivity (Wildman–Crippen MR) is 68.5 cm³/mol. The topological polar surface area (TPSA) is 78.4 Å². The van der Waals surface area contributed by atoms with Crippen molar-refractivity contribution in [2.75, 3.05) is 11.3 Å². The molecule has 0 aliphatic rings. The number of anilines is 1. The van der Waals surface area contributed by atoms with Gasteiger partial charge >= 0.3 is 6.18 Å². The molecule has 5 nitrogen and oxygen atoms in total. The lowest BCUT2D eigenvalue weighted by molar-refractivity contribution is -0.137. The van der Waals surface area contributed by atoms with Crippen molar-refractivity contribution in [3.63, 3.8) is 0 Å². The van der Waals surface area contributed by atoms with Crippen LogP contribution in [-0.2, 0) is 16.4 Å². The average molecular weight is 312 g/mol. The normalized spacial score (nSPS) is 12.7. The molecular weight excluding hydrogens is 297 g/mol. The van der Waals surface area contributed by atoms with E-state index >= 15 is 0 Å². The summed E-state index contributed by atoms with van der Waals surface area (Å²) < 4.78 is 64.8. The van der Waals surface area contributed by atoms with Crippen LogP contribution < -0.4 is 9.44 Å². The molecule has 0 atom stereocenters. The summed E-state index contributed by atoms with van der Waals surface area (Å²) in [5, 5.41) is 9.42. The van der Waals surface area contributed by atoms with E-state index in [4.69, 9.17) is 0 Å². The smallest absolute Gasteiger partial charge is 0.416 e. The highest BCUT2D eigenvalue weighted by Gasteiger charge is 2.31. The van der Waals surface area contributed by atoms with Crippen molar-refractivity contribution in [1.29, 1.82) is 0 Å². The molecule has 1 aromatic carbocycles. The largest absolute Gasteiger partial charge is 0.506 e. The van der Waals surface area contributed by atoms with E-state index in [0.717, 1.165) is 6.07 Å². The third kappa shape index (κ3) is 4.89. The van der Waals surface area contributed by atoms with Gasteiger partial charge in [0.2, 0.25) is 0 Å². The number of alkyl halides is 3. The quantitative estimate of drug-likeness (QED) is 0.730. The van der Waals surface area contributed by atoms with E-state index in [1.165, 1.54) is 0 Å². The summed E-state index contributed by atoms with van der Waals surface area (Å²) in [5.74, 6) is -0.561. The fourth-order valence-corrected chi connectivity index (χ4v) is 2.33. The number of aromatic hydroxyl groups is 1. The molecule has 0 heterocycles. The van der Waals surface area contributed by atoms with Gasteiger partial charge < -0.3 is 5.11 Å². The van der Waals surface area contributed by atoms with E-state index < -0.39 is 33.4 Å². The molecule has 1 rings (SSSR count). The first-order chi connectivity index (χ1) is 9.01. The van der Waals surface area contributed by atoms with E-state index in [-0.39, 0.29) is 12.5 Å². The van der Waals surface area contributed by atoms with Gasteiger partial charge in [-0.1, -0.05) is 13.8 Å². The highest BCUT2D eigenvalue weighted by Crippen LogP contribution is 2.34. The van der Waals surface area contributed by atoms with Crippen LogP contribution in [0.15, 0.2) is 18.2 Å². The Labute approximate surface area is 115 Å². The van der Waals surface area contributed by atoms with Crippen molar-refractivity contribution in [1.82, 2.24) is 4.72 Å². The molecule has 0 radical (unpaired) electrons. The second-order valence-corrected chi connectivity index (χ2v) is 6.08. The Morgan fingerprint density at radius 1 is 1.30 bits per heavy atom. The number of nitrogens with one attached hydrogen (secondary N) is 2. The van der Waals surface area contributed by atoms with Crippen LogP contribution >= 0.6 is 0 Å². The highest BCUT2D eigenvalue weighted by molar-refractivity contribution is 7.90. The Hall–Kier alpha value is -1.48. The molecule has 0 amide bonds. The monoisotopic (exact) mass is 312 g/mol. The van der Waals surface area contributed by atoms with Crippen LogP contribution in [-0.4, -0.2) is 20.1 Å². The number of rotatable bonds is 5. The third-order valence-electron chi connectivity index (χ3n) is 2.25. The second-order valence-electron chi connectivity index (χ2n) is 4.58. The SMILES string of the molecule is CC(C)CNS(=O)(=O)Nc1cc(C(F)(F)F)ccc1O. The maximum absolute atomic E-state index is 12.5. The Morgan fingerprint density at radius 2 is 1.90 bits per heavy atom. The Kier molecular flexibility index (Phi) is 4.87. The maximum atomic E-state index is 12.5. The van der Waals surface area contributed by atoms with Crippen molar-refractivity contribution < 1.29 is 26.7 Å². The molecule has 0 unspecified atom stereocenters. The van der Waals surface area contributed by atoms with Crippen molar-refractivity contribution in [3.05, 3.63) is 23.8 Å². The van der Waals surface area contributed by atoms with Gasteiger partial charge in [-0.2, -0.15) is 26.3 Å². The van der Waals surface area contributed by atoms with Crippen LogP contribution in [0.4, 0.5) is 18.9 Å². The summed E-state index contributed by atoms with van der Waals surface area (Å²) in [7, 11) is -4.04. The average Bonchev–Trinajstić information content (AvgIpc) is 2.28. The first-order valence-corrected chi connectivity index (χ1v) is 7.17. The summed E-state index contributed by atoms with van der Waals surface area (Å²) in [6.45, 7) is 3.66. The van der Waals surface area contributed by atoms with Crippen molar-refractivity contribution in [2.45, 2.75) is 20.0 Å². The molecule has 0 aromatic heterocycles. The molecule has 0 spiro atoms. The van der Waals surface area contributed by atoms with E-state index in [9.17, 15) is 26.7 Å². The molecule has 1 aromatic rings. The minimum absolute atomic E-state index is 0.0293. The zero-order valence-corrected chi connectivity index (χ0v) is 11.6. The van der Waals surface area contributed by atoms with Gasteiger partial charge in [0.15, 0.2) is 0 Å². The standard InChI is InChI=1S/C11H15F3N2O3S/c1-7(2)6-15-20(18,19)16-9-5-8(11(12,13)14)3-4-10(9)17/h3-5,7,15-17H,6H2,1-2H3. The summed E-state index contributed by atoms with van der Waals surface area (Å²) in [4.78, 5) is 0. The van der Waals surface area contributed by atoms with Gasteiger partial charge in [-0.3, -0.25) is 4.72 Å².